The molecular formula is C27H30. The van der Waals surface area contributed by atoms with E-state index in [0.717, 1.165) is 12.8 Å². The van der Waals surface area contributed by atoms with Crippen LogP contribution >= 0.6 is 0 Å². The molecule has 0 saturated carbocycles. The van der Waals surface area contributed by atoms with Gasteiger partial charge in [-0.2, -0.15) is 0 Å². The summed E-state index contributed by atoms with van der Waals surface area (Å²) in [6.45, 7) is 6.23. The maximum atomic E-state index is 2.38. The number of benzene rings is 3. The second-order valence-electron chi connectivity index (χ2n) is 6.97. The lowest BCUT2D eigenvalue weighted by molar-refractivity contribution is 0.922. The van der Waals surface area contributed by atoms with Crippen LogP contribution in [0.2, 0.25) is 0 Å². The molecule has 0 unspecified atom stereocenters. The molecule has 0 nitrogen and oxygen atoms in total. The first-order valence-electron chi connectivity index (χ1n) is 10.3. The molecule has 0 amide bonds. The molecule has 0 aliphatic heterocycles. The van der Waals surface area contributed by atoms with Crippen molar-refractivity contribution in [1.82, 2.24) is 0 Å². The smallest absolute Gasteiger partial charge is 0.00604 e. The molecule has 138 valence electrons. The molecule has 0 N–H and O–H groups in total. The summed E-state index contributed by atoms with van der Waals surface area (Å²) in [6, 6.07) is 24.5. The highest BCUT2D eigenvalue weighted by molar-refractivity contribution is 5.83. The molecule has 0 heteroatoms. The van der Waals surface area contributed by atoms with Crippen LogP contribution in [0.1, 0.15) is 50.3 Å². The lowest BCUT2D eigenvalue weighted by Gasteiger charge is -2.05. The third-order valence-corrected chi connectivity index (χ3v) is 5.01. The highest BCUT2D eigenvalue weighted by atomic mass is 14.1. The van der Waals surface area contributed by atoms with Gasteiger partial charge in [-0.3, -0.25) is 0 Å². The molecule has 0 saturated heterocycles. The average Bonchev–Trinajstić information content (AvgIpc) is 3.19. The summed E-state index contributed by atoms with van der Waals surface area (Å²) in [7, 11) is 0. The van der Waals surface area contributed by atoms with E-state index < -0.39 is 0 Å². The zero-order valence-electron chi connectivity index (χ0n) is 16.8. The molecule has 0 bridgehead atoms. The molecule has 1 aliphatic rings. The van der Waals surface area contributed by atoms with Crippen molar-refractivity contribution in [2.45, 2.75) is 46.5 Å². The van der Waals surface area contributed by atoms with Gasteiger partial charge in [0.05, 0.1) is 0 Å². The van der Waals surface area contributed by atoms with Gasteiger partial charge in [-0.15, -0.1) is 0 Å². The molecule has 0 aromatic heterocycles. The van der Waals surface area contributed by atoms with Gasteiger partial charge < -0.3 is 0 Å². The Labute approximate surface area is 164 Å². The van der Waals surface area contributed by atoms with E-state index in [1.165, 1.54) is 51.5 Å². The minimum Gasteiger partial charge on any atom is -0.0726 e. The van der Waals surface area contributed by atoms with Gasteiger partial charge >= 0.3 is 0 Å². The first-order valence-corrected chi connectivity index (χ1v) is 10.3. The van der Waals surface area contributed by atoms with Gasteiger partial charge in [0.1, 0.15) is 0 Å². The van der Waals surface area contributed by atoms with E-state index in [1.54, 1.807) is 0 Å². The van der Waals surface area contributed by atoms with Crippen LogP contribution in [0.3, 0.4) is 0 Å². The van der Waals surface area contributed by atoms with Crippen LogP contribution in [0.4, 0.5) is 0 Å². The molecule has 27 heavy (non-hydrogen) atoms. The Morgan fingerprint density at radius 1 is 0.778 bits per heavy atom. The fourth-order valence-corrected chi connectivity index (χ4v) is 3.67. The van der Waals surface area contributed by atoms with Crippen LogP contribution in [-0.2, 0) is 12.8 Å². The van der Waals surface area contributed by atoms with E-state index in [4.69, 9.17) is 0 Å². The Morgan fingerprint density at radius 2 is 1.48 bits per heavy atom. The van der Waals surface area contributed by atoms with Crippen molar-refractivity contribution in [2.24, 2.45) is 0 Å². The van der Waals surface area contributed by atoms with Crippen LogP contribution in [0.5, 0.6) is 0 Å². The number of aryl methyl sites for hydroxylation is 1. The number of hydrogen-bond acceptors (Lipinski definition) is 0. The van der Waals surface area contributed by atoms with Crippen LogP contribution in [0.25, 0.3) is 16.3 Å². The Bertz CT molecular complexity index is 939. The summed E-state index contributed by atoms with van der Waals surface area (Å²) in [4.78, 5) is 0. The topological polar surface area (TPSA) is 0 Å². The first kappa shape index (κ1) is 19.2. The van der Waals surface area contributed by atoms with Gasteiger partial charge in [-0.05, 0) is 52.3 Å². The summed E-state index contributed by atoms with van der Waals surface area (Å²) in [5.74, 6) is 0. The maximum absolute atomic E-state index is 2.38. The van der Waals surface area contributed by atoms with Crippen molar-refractivity contribution in [2.75, 3.05) is 0 Å². The monoisotopic (exact) mass is 354 g/mol. The molecule has 0 radical (unpaired) electrons. The van der Waals surface area contributed by atoms with Crippen molar-refractivity contribution < 1.29 is 0 Å². The van der Waals surface area contributed by atoms with Gasteiger partial charge in [-0.1, -0.05) is 112 Å². The second-order valence-corrected chi connectivity index (χ2v) is 6.97. The lowest BCUT2D eigenvalue weighted by atomic mass is 10.00. The fourth-order valence-electron chi connectivity index (χ4n) is 3.67. The fraction of sp³-hybridized carbons (Fsp3) is 0.259. The summed E-state index contributed by atoms with van der Waals surface area (Å²) in [6.07, 6.45) is 9.23. The van der Waals surface area contributed by atoms with Crippen LogP contribution in [0.15, 0.2) is 84.5 Å². The van der Waals surface area contributed by atoms with Gasteiger partial charge in [-0.25, -0.2) is 0 Å². The van der Waals surface area contributed by atoms with E-state index in [9.17, 15) is 0 Å². The Kier molecular flexibility index (Phi) is 6.65. The van der Waals surface area contributed by atoms with Gasteiger partial charge in [0, 0.05) is 0 Å². The number of allylic oxidation sites excluding steroid dienone is 4. The second kappa shape index (κ2) is 9.37. The van der Waals surface area contributed by atoms with Gasteiger partial charge in [0.2, 0.25) is 0 Å². The van der Waals surface area contributed by atoms with Crippen LogP contribution in [-0.4, -0.2) is 0 Å². The Balaban J connectivity index is 0.00000102. The molecule has 0 heterocycles. The van der Waals surface area contributed by atoms with E-state index in [0.29, 0.717) is 0 Å². The van der Waals surface area contributed by atoms with Crippen molar-refractivity contribution in [1.29, 1.82) is 0 Å². The van der Waals surface area contributed by atoms with E-state index in [2.05, 4.69) is 85.8 Å². The molecule has 0 atom stereocenters. The number of hydrogen-bond donors (Lipinski definition) is 0. The largest absolute Gasteiger partial charge is 0.0726 e. The molecular weight excluding hydrogens is 324 g/mol. The van der Waals surface area contributed by atoms with E-state index in [1.807, 2.05) is 13.8 Å². The predicted molar refractivity (Wildman–Crippen MR) is 120 cm³/mol. The normalized spacial score (nSPS) is 13.0. The van der Waals surface area contributed by atoms with Crippen molar-refractivity contribution in [3.05, 3.63) is 101 Å². The summed E-state index contributed by atoms with van der Waals surface area (Å²) >= 11 is 0. The van der Waals surface area contributed by atoms with Gasteiger partial charge in [0.25, 0.3) is 0 Å². The standard InChI is InChI=1S/C25H24.C2H6/c1-2-5-19-8-12-23(13-9-19)25-15-11-21(18-25)16-20-10-14-22-6-3-4-7-24(22)17-20;1-2/h3-4,6-10,12-15,17-18H,2,5,11,16H2,1H3;1-2H3. The SMILES string of the molecule is CC.CCCc1ccc(C2=CCC(Cc3ccc4ccccc4c3)=C2)cc1. The van der Waals surface area contributed by atoms with Gasteiger partial charge in [0.15, 0.2) is 0 Å². The maximum Gasteiger partial charge on any atom is -0.00604 e. The summed E-state index contributed by atoms with van der Waals surface area (Å²) < 4.78 is 0. The molecule has 4 rings (SSSR count). The van der Waals surface area contributed by atoms with Crippen LogP contribution < -0.4 is 0 Å². The minimum absolute atomic E-state index is 1.04. The molecule has 3 aromatic carbocycles. The number of fused-ring (bicyclic) bond motifs is 1. The third-order valence-electron chi connectivity index (χ3n) is 5.01. The molecule has 1 aliphatic carbocycles. The first-order chi connectivity index (χ1) is 13.3. The highest BCUT2D eigenvalue weighted by Gasteiger charge is 2.10. The predicted octanol–water partition coefficient (Wildman–Crippen LogP) is 7.77. The van der Waals surface area contributed by atoms with Crippen molar-refractivity contribution in [3.8, 4) is 0 Å². The Morgan fingerprint density at radius 3 is 2.22 bits per heavy atom. The molecule has 3 aromatic rings. The van der Waals surface area contributed by atoms with Crippen molar-refractivity contribution >= 4 is 16.3 Å². The van der Waals surface area contributed by atoms with E-state index in [-0.39, 0.29) is 0 Å². The summed E-state index contributed by atoms with van der Waals surface area (Å²) in [5.41, 5.74) is 7.05. The van der Waals surface area contributed by atoms with Crippen molar-refractivity contribution in [3.63, 3.8) is 0 Å². The molecule has 0 spiro atoms. The number of rotatable bonds is 5. The lowest BCUT2D eigenvalue weighted by Crippen LogP contribution is -1.88. The van der Waals surface area contributed by atoms with Crippen LogP contribution in [0, 0.1) is 0 Å². The summed E-state index contributed by atoms with van der Waals surface area (Å²) in [5, 5.41) is 2.65. The molecule has 0 fully saturated rings. The zero-order chi connectivity index (χ0) is 19.1. The van der Waals surface area contributed by atoms with E-state index >= 15 is 0 Å². The quantitative estimate of drug-likeness (QED) is 0.439. The zero-order valence-corrected chi connectivity index (χ0v) is 16.8. The highest BCUT2D eigenvalue weighted by Crippen LogP contribution is 2.29. The minimum atomic E-state index is 1.04. The average molecular weight is 355 g/mol. The Hall–Kier alpha value is -2.60. The third kappa shape index (κ3) is 4.77.